The quantitative estimate of drug-likeness (QED) is 0.627. The van der Waals surface area contributed by atoms with Gasteiger partial charge in [-0.1, -0.05) is 11.8 Å². The minimum atomic E-state index is -0.281. The summed E-state index contributed by atoms with van der Waals surface area (Å²) < 4.78 is 4.55. The van der Waals surface area contributed by atoms with E-state index in [0.29, 0.717) is 24.2 Å². The van der Waals surface area contributed by atoms with Crippen molar-refractivity contribution < 1.29 is 14.3 Å². The number of esters is 1. The monoisotopic (exact) mass is 289 g/mol. The minimum absolute atomic E-state index is 0.196. The Kier molecular flexibility index (Phi) is 6.92. The number of hydrogen-bond donors (Lipinski definition) is 1. The number of nitrogens with two attached hydrogens (primary N) is 1. The van der Waals surface area contributed by atoms with Crippen LogP contribution in [0, 0.1) is 11.8 Å². The molecule has 1 heterocycles. The van der Waals surface area contributed by atoms with Crippen molar-refractivity contribution in [3.8, 4) is 11.8 Å². The van der Waals surface area contributed by atoms with Crippen molar-refractivity contribution in [2.24, 2.45) is 5.73 Å². The van der Waals surface area contributed by atoms with E-state index in [0.717, 1.165) is 0 Å². The van der Waals surface area contributed by atoms with Crippen molar-refractivity contribution >= 4 is 11.9 Å². The number of amides is 1. The van der Waals surface area contributed by atoms with E-state index in [1.54, 1.807) is 19.2 Å². The van der Waals surface area contributed by atoms with Gasteiger partial charge in [0.05, 0.1) is 13.7 Å². The number of carbonyl (C=O) groups excluding carboxylic acids is 2. The van der Waals surface area contributed by atoms with E-state index in [1.807, 2.05) is 0 Å². The molecule has 0 spiro atoms. The van der Waals surface area contributed by atoms with Crippen molar-refractivity contribution in [3.05, 3.63) is 29.6 Å². The van der Waals surface area contributed by atoms with Crippen LogP contribution in [-0.2, 0) is 9.53 Å². The van der Waals surface area contributed by atoms with Crippen LogP contribution in [0.1, 0.15) is 28.9 Å². The number of carbonyl (C=O) groups is 2. The van der Waals surface area contributed by atoms with Crippen LogP contribution in [0.3, 0.4) is 0 Å². The van der Waals surface area contributed by atoms with Crippen LogP contribution in [0.2, 0.25) is 0 Å². The van der Waals surface area contributed by atoms with Gasteiger partial charge in [-0.25, -0.2) is 4.98 Å². The van der Waals surface area contributed by atoms with Gasteiger partial charge >= 0.3 is 5.97 Å². The maximum atomic E-state index is 12.1. The van der Waals surface area contributed by atoms with Crippen molar-refractivity contribution in [3.63, 3.8) is 0 Å². The topological polar surface area (TPSA) is 85.5 Å². The summed E-state index contributed by atoms with van der Waals surface area (Å²) >= 11 is 0. The van der Waals surface area contributed by atoms with Crippen LogP contribution < -0.4 is 5.73 Å². The molecule has 0 saturated heterocycles. The third-order valence-corrected chi connectivity index (χ3v) is 2.77. The summed E-state index contributed by atoms with van der Waals surface area (Å²) in [6.07, 6.45) is 2.38. The fourth-order valence-electron chi connectivity index (χ4n) is 1.61. The predicted octanol–water partition coefficient (Wildman–Crippen LogP) is 0.417. The smallest absolute Gasteiger partial charge is 0.305 e. The largest absolute Gasteiger partial charge is 0.469 e. The predicted molar refractivity (Wildman–Crippen MR) is 78.4 cm³/mol. The number of pyridine rings is 1. The Morgan fingerprint density at radius 2 is 2.19 bits per heavy atom. The van der Waals surface area contributed by atoms with E-state index in [4.69, 9.17) is 5.73 Å². The van der Waals surface area contributed by atoms with Gasteiger partial charge in [-0.05, 0) is 18.6 Å². The molecule has 0 bridgehead atoms. The average Bonchev–Trinajstić information content (AvgIpc) is 2.52. The molecule has 0 aromatic carbocycles. The van der Waals surface area contributed by atoms with E-state index in [-0.39, 0.29) is 24.8 Å². The van der Waals surface area contributed by atoms with Gasteiger partial charge in [-0.15, -0.1) is 0 Å². The number of ether oxygens (including phenoxy) is 1. The Balaban J connectivity index is 2.55. The molecule has 6 heteroatoms. The molecular formula is C15H19N3O3. The Labute approximate surface area is 124 Å². The molecule has 112 valence electrons. The number of methoxy groups -OCH3 is 1. The van der Waals surface area contributed by atoms with Crippen LogP contribution in [-0.4, -0.2) is 49.0 Å². The zero-order valence-corrected chi connectivity index (χ0v) is 12.3. The second-order valence-corrected chi connectivity index (χ2v) is 4.34. The average molecular weight is 289 g/mol. The Morgan fingerprint density at radius 3 is 2.76 bits per heavy atom. The van der Waals surface area contributed by atoms with Gasteiger partial charge < -0.3 is 15.4 Å². The molecule has 0 unspecified atom stereocenters. The molecule has 2 N–H and O–H groups in total. The summed E-state index contributed by atoms with van der Waals surface area (Å²) in [5, 5.41) is 0. The number of rotatable bonds is 5. The molecule has 1 aromatic rings. The molecule has 0 saturated carbocycles. The van der Waals surface area contributed by atoms with E-state index in [9.17, 15) is 9.59 Å². The summed E-state index contributed by atoms with van der Waals surface area (Å²) in [5.74, 6) is 5.08. The maximum absolute atomic E-state index is 12.1. The van der Waals surface area contributed by atoms with Gasteiger partial charge in [-0.3, -0.25) is 9.59 Å². The van der Waals surface area contributed by atoms with Crippen molar-refractivity contribution in [2.75, 3.05) is 27.2 Å². The first kappa shape index (κ1) is 16.7. The van der Waals surface area contributed by atoms with Gasteiger partial charge in [0.25, 0.3) is 5.91 Å². The van der Waals surface area contributed by atoms with Crippen LogP contribution in [0.15, 0.2) is 18.3 Å². The molecule has 0 atom stereocenters. The Hall–Kier alpha value is -2.39. The number of aromatic nitrogens is 1. The molecule has 0 radical (unpaired) electrons. The molecule has 1 rings (SSSR count). The normalized spacial score (nSPS) is 9.48. The lowest BCUT2D eigenvalue weighted by molar-refractivity contribution is -0.140. The lowest BCUT2D eigenvalue weighted by Gasteiger charge is -2.16. The van der Waals surface area contributed by atoms with Gasteiger partial charge in [0.1, 0.15) is 5.69 Å². The lowest BCUT2D eigenvalue weighted by Crippen LogP contribution is -2.28. The number of hydrogen-bond acceptors (Lipinski definition) is 5. The maximum Gasteiger partial charge on any atom is 0.305 e. The highest BCUT2D eigenvalue weighted by Gasteiger charge is 2.13. The molecular weight excluding hydrogens is 270 g/mol. The van der Waals surface area contributed by atoms with Gasteiger partial charge in [0.15, 0.2) is 0 Å². The van der Waals surface area contributed by atoms with E-state index < -0.39 is 0 Å². The molecule has 0 aliphatic carbocycles. The lowest BCUT2D eigenvalue weighted by atomic mass is 10.2. The first-order valence-corrected chi connectivity index (χ1v) is 6.55. The third kappa shape index (κ3) is 5.63. The van der Waals surface area contributed by atoms with Gasteiger partial charge in [0.2, 0.25) is 0 Å². The molecule has 0 aliphatic heterocycles. The number of nitrogens with zero attached hydrogens (tertiary/aromatic N) is 2. The highest BCUT2D eigenvalue weighted by atomic mass is 16.5. The van der Waals surface area contributed by atoms with Crippen LogP contribution in [0.25, 0.3) is 0 Å². The molecule has 6 nitrogen and oxygen atoms in total. The minimum Gasteiger partial charge on any atom is -0.469 e. The molecule has 1 aromatic heterocycles. The highest BCUT2D eigenvalue weighted by Crippen LogP contribution is 2.04. The first-order valence-electron chi connectivity index (χ1n) is 6.55. The van der Waals surface area contributed by atoms with Gasteiger partial charge in [0, 0.05) is 31.8 Å². The standard InChI is InChI=1S/C15H19N3O3/c1-18(10-4-6-14(19)21-2)15(20)13-8-7-12(11-17-13)5-3-9-16/h7-8,11H,4,6,9-10,16H2,1-2H3. The fraction of sp³-hybridized carbons (Fsp3) is 0.400. The molecule has 0 aliphatic rings. The van der Waals surface area contributed by atoms with Crippen molar-refractivity contribution in [1.29, 1.82) is 0 Å². The molecule has 0 fully saturated rings. The third-order valence-electron chi connectivity index (χ3n) is 2.77. The van der Waals surface area contributed by atoms with Crippen LogP contribution in [0.4, 0.5) is 0 Å². The summed E-state index contributed by atoms with van der Waals surface area (Å²) in [6.45, 7) is 0.744. The zero-order valence-electron chi connectivity index (χ0n) is 12.3. The summed E-state index contributed by atoms with van der Waals surface area (Å²) in [7, 11) is 3.01. The second kappa shape index (κ2) is 8.72. The van der Waals surface area contributed by atoms with E-state index in [1.165, 1.54) is 18.2 Å². The zero-order chi connectivity index (χ0) is 15.7. The Morgan fingerprint density at radius 1 is 1.43 bits per heavy atom. The second-order valence-electron chi connectivity index (χ2n) is 4.34. The highest BCUT2D eigenvalue weighted by molar-refractivity contribution is 5.92. The van der Waals surface area contributed by atoms with E-state index in [2.05, 4.69) is 21.6 Å². The first-order chi connectivity index (χ1) is 10.1. The van der Waals surface area contributed by atoms with E-state index >= 15 is 0 Å². The summed E-state index contributed by atoms with van der Waals surface area (Å²) in [4.78, 5) is 28.7. The summed E-state index contributed by atoms with van der Waals surface area (Å²) in [6, 6.07) is 3.35. The molecule has 1 amide bonds. The Bertz CT molecular complexity index is 544. The van der Waals surface area contributed by atoms with Crippen molar-refractivity contribution in [2.45, 2.75) is 12.8 Å². The van der Waals surface area contributed by atoms with Crippen LogP contribution in [0.5, 0.6) is 0 Å². The van der Waals surface area contributed by atoms with Crippen molar-refractivity contribution in [1.82, 2.24) is 9.88 Å². The SMILES string of the molecule is COC(=O)CCCN(C)C(=O)c1ccc(C#CCN)cn1. The fourth-order valence-corrected chi connectivity index (χ4v) is 1.61. The summed E-state index contributed by atoms with van der Waals surface area (Å²) in [5.41, 5.74) is 6.34. The van der Waals surface area contributed by atoms with Gasteiger partial charge in [-0.2, -0.15) is 0 Å². The van der Waals surface area contributed by atoms with Crippen LogP contribution >= 0.6 is 0 Å². The molecule has 21 heavy (non-hydrogen) atoms.